The molecule has 1 aromatic carbocycles. The monoisotopic (exact) mass is 294 g/mol. The fraction of sp³-hybridized carbons (Fsp3) is 0.0667. The number of rotatable bonds is 3. The molecule has 1 aliphatic rings. The lowest BCUT2D eigenvalue weighted by Gasteiger charge is -1.98. The molecule has 3 rings (SSSR count). The molecule has 22 heavy (non-hydrogen) atoms. The van der Waals surface area contributed by atoms with Crippen LogP contribution in [0.4, 0.5) is 4.79 Å². The molecule has 2 aromatic rings. The van der Waals surface area contributed by atoms with Crippen LogP contribution in [0.2, 0.25) is 0 Å². The van der Waals surface area contributed by atoms with Crippen LogP contribution in [0.5, 0.6) is 0 Å². The minimum atomic E-state index is -0.934. The second kappa shape index (κ2) is 5.54. The van der Waals surface area contributed by atoms with Gasteiger partial charge in [-0.1, -0.05) is 0 Å². The van der Waals surface area contributed by atoms with Crippen LogP contribution in [0.25, 0.3) is 11.3 Å². The predicted octanol–water partition coefficient (Wildman–Crippen LogP) is 1.40. The first kappa shape index (κ1) is 13.6. The highest BCUT2D eigenvalue weighted by molar-refractivity contribution is 6.04. The number of nitrogens with zero attached hydrogens (tertiary/aromatic N) is 2. The number of nitriles is 1. The smallest absolute Gasteiger partial charge is 0.323 e. The standard InChI is InChI=1S/C15H10N4O3/c16-7-9-1-3-10(4-2-9)12-6-5-11(22-12)8-17-13-14(20)19-15(21)18-13/h1-6,8,13H,(H2,18,19,20,21). The van der Waals surface area contributed by atoms with Crippen LogP contribution in [0.3, 0.4) is 0 Å². The Kier molecular flexibility index (Phi) is 3.42. The van der Waals surface area contributed by atoms with E-state index < -0.39 is 18.1 Å². The van der Waals surface area contributed by atoms with Crippen LogP contribution >= 0.6 is 0 Å². The van der Waals surface area contributed by atoms with Gasteiger partial charge in [-0.05, 0) is 36.4 Å². The van der Waals surface area contributed by atoms with Crippen LogP contribution in [-0.2, 0) is 4.79 Å². The third-order valence-corrected chi connectivity index (χ3v) is 3.03. The first-order valence-electron chi connectivity index (χ1n) is 6.40. The van der Waals surface area contributed by atoms with Gasteiger partial charge in [0, 0.05) is 5.56 Å². The number of hydrogen-bond donors (Lipinski definition) is 2. The van der Waals surface area contributed by atoms with Gasteiger partial charge in [0.2, 0.25) is 6.17 Å². The molecule has 7 nitrogen and oxygen atoms in total. The predicted molar refractivity (Wildman–Crippen MR) is 76.9 cm³/mol. The molecule has 1 atom stereocenters. The van der Waals surface area contributed by atoms with Gasteiger partial charge in [0.15, 0.2) is 0 Å². The maximum Gasteiger partial charge on any atom is 0.323 e. The Morgan fingerprint density at radius 3 is 2.59 bits per heavy atom. The van der Waals surface area contributed by atoms with Crippen molar-refractivity contribution in [3.05, 3.63) is 47.7 Å². The molecule has 1 unspecified atom stereocenters. The second-order valence-electron chi connectivity index (χ2n) is 4.53. The molecular formula is C15H10N4O3. The number of benzene rings is 1. The van der Waals surface area contributed by atoms with Crippen LogP contribution < -0.4 is 10.6 Å². The molecule has 0 bridgehead atoms. The number of imide groups is 1. The van der Waals surface area contributed by atoms with E-state index in [9.17, 15) is 9.59 Å². The Morgan fingerprint density at radius 2 is 1.95 bits per heavy atom. The molecule has 2 N–H and O–H groups in total. The van der Waals surface area contributed by atoms with Crippen molar-refractivity contribution in [2.75, 3.05) is 0 Å². The molecule has 0 radical (unpaired) electrons. The summed E-state index contributed by atoms with van der Waals surface area (Å²) in [5, 5.41) is 13.2. The van der Waals surface area contributed by atoms with E-state index in [1.807, 2.05) is 6.07 Å². The topological polar surface area (TPSA) is 107 Å². The average Bonchev–Trinajstić information content (AvgIpc) is 3.12. The second-order valence-corrected chi connectivity index (χ2v) is 4.53. The minimum absolute atomic E-state index is 0.452. The first-order valence-corrected chi connectivity index (χ1v) is 6.40. The molecule has 0 aliphatic carbocycles. The van der Waals surface area contributed by atoms with E-state index in [0.29, 0.717) is 17.1 Å². The molecule has 0 saturated carbocycles. The lowest BCUT2D eigenvalue weighted by atomic mass is 10.1. The van der Waals surface area contributed by atoms with Crippen molar-refractivity contribution < 1.29 is 14.0 Å². The van der Waals surface area contributed by atoms with Gasteiger partial charge in [0.25, 0.3) is 5.91 Å². The Labute approximate surface area is 125 Å². The summed E-state index contributed by atoms with van der Waals surface area (Å²) in [5.41, 5.74) is 1.39. The lowest BCUT2D eigenvalue weighted by molar-refractivity contribution is -0.119. The fourth-order valence-corrected chi connectivity index (χ4v) is 1.95. The third-order valence-electron chi connectivity index (χ3n) is 3.03. The molecule has 108 valence electrons. The average molecular weight is 294 g/mol. The van der Waals surface area contributed by atoms with Gasteiger partial charge in [-0.3, -0.25) is 15.1 Å². The molecule has 3 amide bonds. The quantitative estimate of drug-likeness (QED) is 0.659. The number of carbonyl (C=O) groups excluding carboxylic acids is 2. The van der Waals surface area contributed by atoms with E-state index in [1.165, 1.54) is 6.21 Å². The molecule has 1 saturated heterocycles. The van der Waals surface area contributed by atoms with E-state index in [4.69, 9.17) is 9.68 Å². The van der Waals surface area contributed by atoms with Crippen LogP contribution in [0.1, 0.15) is 11.3 Å². The molecule has 0 spiro atoms. The minimum Gasteiger partial charge on any atom is -0.455 e. The van der Waals surface area contributed by atoms with E-state index >= 15 is 0 Å². The van der Waals surface area contributed by atoms with Gasteiger partial charge in [0.05, 0.1) is 17.8 Å². The Balaban J connectivity index is 1.75. The van der Waals surface area contributed by atoms with Crippen molar-refractivity contribution >= 4 is 18.2 Å². The Bertz CT molecular complexity index is 799. The molecule has 1 aliphatic heterocycles. The van der Waals surface area contributed by atoms with Gasteiger partial charge in [-0.2, -0.15) is 5.26 Å². The van der Waals surface area contributed by atoms with Gasteiger partial charge >= 0.3 is 6.03 Å². The summed E-state index contributed by atoms with van der Waals surface area (Å²) in [6.07, 6.45) is 0.444. The highest BCUT2D eigenvalue weighted by Crippen LogP contribution is 2.21. The zero-order chi connectivity index (χ0) is 15.5. The maximum absolute atomic E-state index is 11.3. The van der Waals surface area contributed by atoms with Crippen molar-refractivity contribution in [2.45, 2.75) is 6.17 Å². The SMILES string of the molecule is N#Cc1ccc(-c2ccc(C=NC3NC(=O)NC3=O)o2)cc1. The van der Waals surface area contributed by atoms with Gasteiger partial charge in [-0.15, -0.1) is 0 Å². The van der Waals surface area contributed by atoms with Crippen molar-refractivity contribution in [2.24, 2.45) is 4.99 Å². The normalized spacial score (nSPS) is 17.3. The van der Waals surface area contributed by atoms with E-state index in [1.54, 1.807) is 36.4 Å². The number of furan rings is 1. The summed E-state index contributed by atoms with van der Waals surface area (Å²) in [5.74, 6) is 0.569. The highest BCUT2D eigenvalue weighted by Gasteiger charge is 2.28. The number of nitrogens with one attached hydrogen (secondary N) is 2. The van der Waals surface area contributed by atoms with E-state index in [2.05, 4.69) is 15.6 Å². The molecule has 1 aromatic heterocycles. The number of urea groups is 1. The highest BCUT2D eigenvalue weighted by atomic mass is 16.3. The number of carbonyl (C=O) groups is 2. The zero-order valence-electron chi connectivity index (χ0n) is 11.2. The third kappa shape index (κ3) is 2.71. The lowest BCUT2D eigenvalue weighted by Crippen LogP contribution is -2.26. The van der Waals surface area contributed by atoms with Crippen LogP contribution in [0, 0.1) is 11.3 Å². The molecule has 1 fully saturated rings. The summed E-state index contributed by atoms with van der Waals surface area (Å²) < 4.78 is 5.59. The largest absolute Gasteiger partial charge is 0.455 e. The first-order chi connectivity index (χ1) is 10.7. The molecule has 7 heteroatoms. The fourth-order valence-electron chi connectivity index (χ4n) is 1.95. The number of aliphatic imine (C=N–C) groups is 1. The number of amides is 3. The Morgan fingerprint density at radius 1 is 1.18 bits per heavy atom. The van der Waals surface area contributed by atoms with Crippen molar-refractivity contribution in [1.29, 1.82) is 5.26 Å². The Hall–Kier alpha value is -3.40. The summed E-state index contributed by atoms with van der Waals surface area (Å²) in [4.78, 5) is 26.2. The van der Waals surface area contributed by atoms with E-state index in [0.717, 1.165) is 5.56 Å². The summed E-state index contributed by atoms with van der Waals surface area (Å²) in [6, 6.07) is 11.9. The van der Waals surface area contributed by atoms with Crippen molar-refractivity contribution in [3.63, 3.8) is 0 Å². The van der Waals surface area contributed by atoms with Crippen molar-refractivity contribution in [3.8, 4) is 17.4 Å². The summed E-state index contributed by atoms with van der Waals surface area (Å²) in [6.45, 7) is 0. The van der Waals surface area contributed by atoms with Crippen LogP contribution in [-0.4, -0.2) is 24.3 Å². The summed E-state index contributed by atoms with van der Waals surface area (Å²) >= 11 is 0. The number of hydrogen-bond acceptors (Lipinski definition) is 5. The van der Waals surface area contributed by atoms with Gasteiger partial charge in [-0.25, -0.2) is 4.79 Å². The van der Waals surface area contributed by atoms with Gasteiger partial charge < -0.3 is 9.73 Å². The van der Waals surface area contributed by atoms with Crippen molar-refractivity contribution in [1.82, 2.24) is 10.6 Å². The van der Waals surface area contributed by atoms with Gasteiger partial charge in [0.1, 0.15) is 11.5 Å². The maximum atomic E-state index is 11.3. The van der Waals surface area contributed by atoms with Crippen LogP contribution in [0.15, 0.2) is 45.8 Å². The summed E-state index contributed by atoms with van der Waals surface area (Å²) in [7, 11) is 0. The molecule has 2 heterocycles. The zero-order valence-corrected chi connectivity index (χ0v) is 11.2. The molecular weight excluding hydrogens is 284 g/mol. The van der Waals surface area contributed by atoms with E-state index in [-0.39, 0.29) is 0 Å².